The largest absolute Gasteiger partial charge is 0.497 e. The number of carbonyl (C=O) groups is 1. The number of H-pyrrole nitrogens is 1. The maximum atomic E-state index is 12.5. The van der Waals surface area contributed by atoms with E-state index < -0.39 is 0 Å². The molecule has 0 aliphatic carbocycles. The average molecular weight is 395 g/mol. The number of nitrogens with one attached hydrogen (secondary N) is 1. The Morgan fingerprint density at radius 3 is 2.69 bits per heavy atom. The Hall–Kier alpha value is -3.35. The average Bonchev–Trinajstić information content (AvgIpc) is 2.74. The van der Waals surface area contributed by atoms with Crippen molar-refractivity contribution in [2.45, 2.75) is 25.8 Å². The van der Waals surface area contributed by atoms with Crippen LogP contribution in [0.15, 0.2) is 47.3 Å². The van der Waals surface area contributed by atoms with Gasteiger partial charge in [-0.3, -0.25) is 9.59 Å². The Labute approximate surface area is 169 Å². The lowest BCUT2D eigenvalue weighted by Crippen LogP contribution is -2.26. The molecule has 0 atom stereocenters. The molecule has 0 spiro atoms. The second-order valence-electron chi connectivity index (χ2n) is 6.81. The van der Waals surface area contributed by atoms with E-state index in [0.29, 0.717) is 54.0 Å². The fraction of sp³-hybridized carbons (Fsp3) is 0.318. The summed E-state index contributed by atoms with van der Waals surface area (Å²) in [5, 5.41) is 0.570. The lowest BCUT2D eigenvalue weighted by atomic mass is 10.1. The van der Waals surface area contributed by atoms with E-state index in [9.17, 15) is 9.59 Å². The normalized spacial score (nSPS) is 10.7. The van der Waals surface area contributed by atoms with Crippen LogP contribution in [-0.4, -0.2) is 42.0 Å². The number of aromatic nitrogens is 2. The molecule has 0 saturated carbocycles. The third-order valence-electron chi connectivity index (χ3n) is 4.79. The summed E-state index contributed by atoms with van der Waals surface area (Å²) in [7, 11) is 4.96. The van der Waals surface area contributed by atoms with Crippen molar-refractivity contribution < 1.29 is 14.3 Å². The van der Waals surface area contributed by atoms with Gasteiger partial charge in [-0.2, -0.15) is 0 Å². The number of amides is 1. The molecule has 152 valence electrons. The van der Waals surface area contributed by atoms with Crippen molar-refractivity contribution >= 4 is 16.8 Å². The molecule has 1 heterocycles. The van der Waals surface area contributed by atoms with Gasteiger partial charge in [-0.25, -0.2) is 4.98 Å². The Bertz CT molecular complexity index is 1060. The molecular weight excluding hydrogens is 370 g/mol. The fourth-order valence-electron chi connectivity index (χ4n) is 3.18. The zero-order chi connectivity index (χ0) is 20.8. The summed E-state index contributed by atoms with van der Waals surface area (Å²) < 4.78 is 10.6. The molecule has 2 aromatic carbocycles. The van der Waals surface area contributed by atoms with Crippen molar-refractivity contribution in [3.63, 3.8) is 0 Å². The van der Waals surface area contributed by atoms with Crippen molar-refractivity contribution in [3.05, 3.63) is 64.2 Å². The van der Waals surface area contributed by atoms with Crippen LogP contribution in [0.3, 0.4) is 0 Å². The predicted molar refractivity (Wildman–Crippen MR) is 111 cm³/mol. The van der Waals surface area contributed by atoms with Gasteiger partial charge >= 0.3 is 0 Å². The number of nitrogens with zero attached hydrogens (tertiary/aromatic N) is 2. The first-order valence-electron chi connectivity index (χ1n) is 9.44. The second kappa shape index (κ2) is 9.23. The summed E-state index contributed by atoms with van der Waals surface area (Å²) >= 11 is 0. The highest BCUT2D eigenvalue weighted by molar-refractivity contribution is 5.77. The van der Waals surface area contributed by atoms with E-state index >= 15 is 0 Å². The van der Waals surface area contributed by atoms with Gasteiger partial charge < -0.3 is 19.4 Å². The SMILES string of the molecule is COc1ccc(CN(C)C(=O)CCCc2nc3ccccc3c(=O)[nH]2)c(OC)c1. The van der Waals surface area contributed by atoms with Crippen molar-refractivity contribution in [1.82, 2.24) is 14.9 Å². The third kappa shape index (κ3) is 4.93. The molecule has 7 nitrogen and oxygen atoms in total. The fourth-order valence-corrected chi connectivity index (χ4v) is 3.18. The molecule has 29 heavy (non-hydrogen) atoms. The van der Waals surface area contributed by atoms with Crippen LogP contribution >= 0.6 is 0 Å². The van der Waals surface area contributed by atoms with Crippen LogP contribution in [0, 0.1) is 0 Å². The molecule has 3 aromatic rings. The predicted octanol–water partition coefficient (Wildman–Crippen LogP) is 2.92. The van der Waals surface area contributed by atoms with E-state index in [-0.39, 0.29) is 11.5 Å². The van der Waals surface area contributed by atoms with Gasteiger partial charge in [0.25, 0.3) is 5.56 Å². The molecule has 0 aliphatic heterocycles. The quantitative estimate of drug-likeness (QED) is 0.634. The molecule has 1 aromatic heterocycles. The van der Waals surface area contributed by atoms with Crippen LogP contribution in [0.2, 0.25) is 0 Å². The van der Waals surface area contributed by atoms with E-state index in [2.05, 4.69) is 9.97 Å². The number of hydrogen-bond donors (Lipinski definition) is 1. The highest BCUT2D eigenvalue weighted by atomic mass is 16.5. The van der Waals surface area contributed by atoms with Gasteiger partial charge in [0.2, 0.25) is 5.91 Å². The first-order valence-corrected chi connectivity index (χ1v) is 9.44. The van der Waals surface area contributed by atoms with Crippen LogP contribution in [0.1, 0.15) is 24.2 Å². The van der Waals surface area contributed by atoms with Gasteiger partial charge in [-0.1, -0.05) is 12.1 Å². The lowest BCUT2D eigenvalue weighted by Gasteiger charge is -2.19. The summed E-state index contributed by atoms with van der Waals surface area (Å²) in [6.07, 6.45) is 1.50. The Kier molecular flexibility index (Phi) is 6.49. The van der Waals surface area contributed by atoms with E-state index in [1.54, 1.807) is 38.3 Å². The van der Waals surface area contributed by atoms with Gasteiger partial charge in [0, 0.05) is 38.1 Å². The zero-order valence-corrected chi connectivity index (χ0v) is 16.9. The lowest BCUT2D eigenvalue weighted by molar-refractivity contribution is -0.130. The Morgan fingerprint density at radius 1 is 1.14 bits per heavy atom. The molecule has 0 aliphatic rings. The van der Waals surface area contributed by atoms with Crippen molar-refractivity contribution in [3.8, 4) is 11.5 Å². The molecule has 1 N–H and O–H groups in total. The number of benzene rings is 2. The Balaban J connectivity index is 1.57. The van der Waals surface area contributed by atoms with E-state index in [1.807, 2.05) is 30.3 Å². The number of ether oxygens (including phenoxy) is 2. The van der Waals surface area contributed by atoms with Gasteiger partial charge in [-0.15, -0.1) is 0 Å². The number of aryl methyl sites for hydroxylation is 1. The van der Waals surface area contributed by atoms with Crippen LogP contribution in [0.4, 0.5) is 0 Å². The van der Waals surface area contributed by atoms with E-state index in [4.69, 9.17) is 9.47 Å². The number of carbonyl (C=O) groups excluding carboxylic acids is 1. The van der Waals surface area contributed by atoms with E-state index in [0.717, 1.165) is 5.56 Å². The standard InChI is InChI=1S/C22H25N3O4/c1-25(14-15-11-12-16(28-2)13-19(15)29-3)21(26)10-6-9-20-23-18-8-5-4-7-17(18)22(27)24-20/h4-5,7-8,11-13H,6,9-10,14H2,1-3H3,(H,23,24,27). The molecule has 1 amide bonds. The van der Waals surface area contributed by atoms with E-state index in [1.165, 1.54) is 0 Å². The Morgan fingerprint density at radius 2 is 1.93 bits per heavy atom. The van der Waals surface area contributed by atoms with Crippen molar-refractivity contribution in [1.29, 1.82) is 0 Å². The maximum absolute atomic E-state index is 12.5. The van der Waals surface area contributed by atoms with Gasteiger partial charge in [-0.05, 0) is 30.7 Å². The number of rotatable bonds is 8. The van der Waals surface area contributed by atoms with Gasteiger partial charge in [0.1, 0.15) is 17.3 Å². The number of para-hydroxylation sites is 1. The minimum Gasteiger partial charge on any atom is -0.497 e. The molecule has 0 saturated heterocycles. The highest BCUT2D eigenvalue weighted by Gasteiger charge is 2.13. The molecular formula is C22H25N3O4. The number of aromatic amines is 1. The van der Waals surface area contributed by atoms with Crippen LogP contribution in [-0.2, 0) is 17.8 Å². The first kappa shape index (κ1) is 20.4. The second-order valence-corrected chi connectivity index (χ2v) is 6.81. The molecule has 3 rings (SSSR count). The number of hydrogen-bond acceptors (Lipinski definition) is 5. The summed E-state index contributed by atoms with van der Waals surface area (Å²) in [6, 6.07) is 12.8. The van der Waals surface area contributed by atoms with Crippen LogP contribution in [0.5, 0.6) is 11.5 Å². The zero-order valence-electron chi connectivity index (χ0n) is 16.9. The minimum absolute atomic E-state index is 0.0195. The monoisotopic (exact) mass is 395 g/mol. The van der Waals surface area contributed by atoms with Crippen molar-refractivity contribution in [2.75, 3.05) is 21.3 Å². The molecule has 0 bridgehead atoms. The van der Waals surface area contributed by atoms with Crippen molar-refractivity contribution in [2.24, 2.45) is 0 Å². The van der Waals surface area contributed by atoms with Gasteiger partial charge in [0.15, 0.2) is 0 Å². The molecule has 0 radical (unpaired) electrons. The number of methoxy groups -OCH3 is 2. The molecule has 7 heteroatoms. The summed E-state index contributed by atoms with van der Waals surface area (Å²) in [5.41, 5.74) is 1.42. The minimum atomic E-state index is -0.152. The summed E-state index contributed by atoms with van der Waals surface area (Å²) in [4.78, 5) is 33.6. The van der Waals surface area contributed by atoms with Gasteiger partial charge in [0.05, 0.1) is 25.1 Å². The molecule has 0 unspecified atom stereocenters. The maximum Gasteiger partial charge on any atom is 0.258 e. The van der Waals surface area contributed by atoms with Crippen LogP contribution < -0.4 is 15.0 Å². The summed E-state index contributed by atoms with van der Waals surface area (Å²) in [6.45, 7) is 0.442. The first-order chi connectivity index (χ1) is 14.0. The number of fused-ring (bicyclic) bond motifs is 1. The summed E-state index contributed by atoms with van der Waals surface area (Å²) in [5.74, 6) is 2.00. The smallest absolute Gasteiger partial charge is 0.258 e. The topological polar surface area (TPSA) is 84.5 Å². The van der Waals surface area contributed by atoms with Crippen LogP contribution in [0.25, 0.3) is 10.9 Å². The molecule has 0 fully saturated rings. The third-order valence-corrected chi connectivity index (χ3v) is 4.79. The highest BCUT2D eigenvalue weighted by Crippen LogP contribution is 2.25.